The molecule has 4 nitrogen and oxygen atoms in total. The fourth-order valence-electron chi connectivity index (χ4n) is 1.49. The predicted molar refractivity (Wildman–Crippen MR) is 77.4 cm³/mol. The van der Waals surface area contributed by atoms with E-state index >= 15 is 0 Å². The minimum atomic E-state index is -2.24. The number of anilines is 1. The minimum Gasteiger partial charge on any atom is -0.330 e. The van der Waals surface area contributed by atoms with Gasteiger partial charge in [-0.05, 0) is 24.4 Å². The highest BCUT2D eigenvalue weighted by atomic mass is 32.1. The molecule has 1 aromatic carbocycles. The van der Waals surface area contributed by atoms with Crippen molar-refractivity contribution in [3.8, 4) is 0 Å². The van der Waals surface area contributed by atoms with Crippen LogP contribution in [0.25, 0.3) is 0 Å². The molecular formula is C13H7F5N4S. The second-order valence-electron chi connectivity index (χ2n) is 4.05. The lowest BCUT2D eigenvalue weighted by Crippen LogP contribution is -2.24. The molecule has 2 rings (SSSR count). The molecule has 0 aliphatic heterocycles. The molecule has 10 heteroatoms. The highest BCUT2D eigenvalue weighted by Gasteiger charge is 2.24. The number of nitrogens with one attached hydrogen (secondary N) is 2. The van der Waals surface area contributed by atoms with Gasteiger partial charge in [-0.25, -0.2) is 22.0 Å². The first-order chi connectivity index (χ1) is 10.9. The molecule has 1 heterocycles. The van der Waals surface area contributed by atoms with Crippen molar-refractivity contribution in [1.29, 1.82) is 0 Å². The number of thiocarbonyl (C=S) groups is 1. The zero-order chi connectivity index (χ0) is 17.0. The maximum Gasteiger partial charge on any atom is 0.200 e. The van der Waals surface area contributed by atoms with Crippen LogP contribution in [-0.2, 0) is 0 Å². The van der Waals surface area contributed by atoms with Crippen LogP contribution < -0.4 is 10.7 Å². The Morgan fingerprint density at radius 2 is 1.65 bits per heavy atom. The number of halogens is 5. The molecule has 0 fully saturated rings. The van der Waals surface area contributed by atoms with E-state index in [-0.39, 0.29) is 5.11 Å². The lowest BCUT2D eigenvalue weighted by Gasteiger charge is -2.06. The summed E-state index contributed by atoms with van der Waals surface area (Å²) in [7, 11) is 0. The lowest BCUT2D eigenvalue weighted by atomic mass is 10.2. The molecule has 0 radical (unpaired) electrons. The molecule has 0 atom stereocenters. The summed E-state index contributed by atoms with van der Waals surface area (Å²) in [5.74, 6) is -10.3. The summed E-state index contributed by atoms with van der Waals surface area (Å²) in [6.07, 6.45) is 3.41. The number of hydrogen-bond acceptors (Lipinski definition) is 3. The molecular weight excluding hydrogens is 339 g/mol. The van der Waals surface area contributed by atoms with Gasteiger partial charge >= 0.3 is 0 Å². The van der Waals surface area contributed by atoms with Crippen LogP contribution in [0.4, 0.5) is 27.6 Å². The zero-order valence-corrected chi connectivity index (χ0v) is 11.9. The third-order valence-corrected chi connectivity index (χ3v) is 2.72. The van der Waals surface area contributed by atoms with E-state index in [1.165, 1.54) is 12.4 Å². The Morgan fingerprint density at radius 3 is 2.22 bits per heavy atom. The largest absolute Gasteiger partial charge is 0.330 e. The van der Waals surface area contributed by atoms with Gasteiger partial charge in [-0.2, -0.15) is 5.10 Å². The van der Waals surface area contributed by atoms with E-state index in [1.807, 2.05) is 0 Å². The van der Waals surface area contributed by atoms with Crippen LogP contribution in [0.3, 0.4) is 0 Å². The molecule has 23 heavy (non-hydrogen) atoms. The summed E-state index contributed by atoms with van der Waals surface area (Å²) < 4.78 is 65.6. The van der Waals surface area contributed by atoms with E-state index in [0.29, 0.717) is 11.9 Å². The number of pyridine rings is 1. The van der Waals surface area contributed by atoms with E-state index in [2.05, 4.69) is 20.8 Å². The molecule has 1 aromatic heterocycles. The van der Waals surface area contributed by atoms with Crippen molar-refractivity contribution in [2.45, 2.75) is 0 Å². The zero-order valence-electron chi connectivity index (χ0n) is 11.1. The van der Waals surface area contributed by atoms with Crippen LogP contribution in [0.5, 0.6) is 0 Å². The third-order valence-electron chi connectivity index (χ3n) is 2.52. The van der Waals surface area contributed by atoms with Gasteiger partial charge in [0, 0.05) is 6.20 Å². The Morgan fingerprint density at radius 1 is 1.04 bits per heavy atom. The standard InChI is InChI=1S/C13H7F5N4S/c14-8-7(9(15)11(17)12(18)10(8)16)5-20-22-13(23)21-6-2-1-3-19-4-6/h1-5H,(H2,21,22,23)/b20-5-. The normalized spacial score (nSPS) is 10.8. The molecule has 2 N–H and O–H groups in total. The first kappa shape index (κ1) is 16.7. The van der Waals surface area contributed by atoms with Crippen molar-refractivity contribution >= 4 is 29.2 Å². The van der Waals surface area contributed by atoms with Gasteiger partial charge in [0.15, 0.2) is 28.4 Å². The maximum absolute atomic E-state index is 13.4. The summed E-state index contributed by atoms with van der Waals surface area (Å²) in [6, 6.07) is 3.26. The Hall–Kier alpha value is -2.62. The Kier molecular flexibility index (Phi) is 5.16. The number of rotatable bonds is 3. The summed E-state index contributed by atoms with van der Waals surface area (Å²) in [5, 5.41) is 5.90. The van der Waals surface area contributed by atoms with Gasteiger partial charge in [0.05, 0.1) is 23.7 Å². The van der Waals surface area contributed by atoms with Crippen molar-refractivity contribution in [1.82, 2.24) is 10.4 Å². The van der Waals surface area contributed by atoms with Crippen LogP contribution in [0, 0.1) is 29.1 Å². The van der Waals surface area contributed by atoms with Crippen molar-refractivity contribution in [2.24, 2.45) is 5.10 Å². The van der Waals surface area contributed by atoms with Crippen LogP contribution in [0.1, 0.15) is 5.56 Å². The van der Waals surface area contributed by atoms with E-state index in [0.717, 1.165) is 0 Å². The summed E-state index contributed by atoms with van der Waals surface area (Å²) >= 11 is 4.83. The number of nitrogens with zero attached hydrogens (tertiary/aromatic N) is 2. The van der Waals surface area contributed by atoms with Gasteiger partial charge in [0.2, 0.25) is 5.82 Å². The average molecular weight is 346 g/mol. The monoisotopic (exact) mass is 346 g/mol. The first-order valence-corrected chi connectivity index (χ1v) is 6.34. The number of hydrogen-bond donors (Lipinski definition) is 2. The fourth-order valence-corrected chi connectivity index (χ4v) is 1.66. The minimum absolute atomic E-state index is 0.0712. The molecule has 2 aromatic rings. The number of aromatic nitrogens is 1. The van der Waals surface area contributed by atoms with Crippen molar-refractivity contribution < 1.29 is 22.0 Å². The Bertz CT molecular complexity index is 738. The molecule has 0 amide bonds. The Labute approximate surface area is 132 Å². The SMILES string of the molecule is Fc1c(F)c(F)c(/C=N\NC(=S)Nc2cccnc2)c(F)c1F. The van der Waals surface area contributed by atoms with Gasteiger partial charge < -0.3 is 5.32 Å². The van der Waals surface area contributed by atoms with E-state index in [4.69, 9.17) is 12.2 Å². The van der Waals surface area contributed by atoms with E-state index in [1.54, 1.807) is 12.1 Å². The van der Waals surface area contributed by atoms with Crippen molar-refractivity contribution in [3.05, 3.63) is 59.2 Å². The highest BCUT2D eigenvalue weighted by Crippen LogP contribution is 2.21. The smallest absolute Gasteiger partial charge is 0.200 e. The topological polar surface area (TPSA) is 49.3 Å². The van der Waals surface area contributed by atoms with Crippen LogP contribution in [-0.4, -0.2) is 16.3 Å². The van der Waals surface area contributed by atoms with Crippen molar-refractivity contribution in [3.63, 3.8) is 0 Å². The molecule has 0 bridgehead atoms. The summed E-state index contributed by atoms with van der Waals surface area (Å²) in [5.41, 5.74) is 1.51. The molecule has 0 aliphatic carbocycles. The lowest BCUT2D eigenvalue weighted by molar-refractivity contribution is 0.377. The maximum atomic E-state index is 13.4. The van der Waals surface area contributed by atoms with Crippen molar-refractivity contribution in [2.75, 3.05) is 5.32 Å². The summed E-state index contributed by atoms with van der Waals surface area (Å²) in [4.78, 5) is 3.81. The number of benzene rings is 1. The molecule has 0 unspecified atom stereocenters. The van der Waals surface area contributed by atoms with Gasteiger partial charge in [-0.15, -0.1) is 0 Å². The highest BCUT2D eigenvalue weighted by molar-refractivity contribution is 7.80. The van der Waals surface area contributed by atoms with Gasteiger partial charge in [-0.1, -0.05) is 0 Å². The molecule has 120 valence electrons. The van der Waals surface area contributed by atoms with Crippen LogP contribution in [0.15, 0.2) is 29.6 Å². The summed E-state index contributed by atoms with van der Waals surface area (Å²) in [6.45, 7) is 0. The average Bonchev–Trinajstić information content (AvgIpc) is 2.55. The Balaban J connectivity index is 2.11. The van der Waals surface area contributed by atoms with Gasteiger partial charge in [0.1, 0.15) is 0 Å². The second-order valence-corrected chi connectivity index (χ2v) is 4.46. The molecule has 0 saturated carbocycles. The quantitative estimate of drug-likeness (QED) is 0.224. The molecule has 0 saturated heterocycles. The second kappa shape index (κ2) is 7.09. The number of hydrazone groups is 1. The van der Waals surface area contributed by atoms with Gasteiger partial charge in [-0.3, -0.25) is 10.4 Å². The molecule has 0 aliphatic rings. The van der Waals surface area contributed by atoms with Gasteiger partial charge in [0.25, 0.3) is 0 Å². The third kappa shape index (κ3) is 3.77. The van der Waals surface area contributed by atoms with Crippen LogP contribution in [0.2, 0.25) is 0 Å². The predicted octanol–water partition coefficient (Wildman–Crippen LogP) is 3.10. The van der Waals surface area contributed by atoms with Crippen LogP contribution >= 0.6 is 12.2 Å². The fraction of sp³-hybridized carbons (Fsp3) is 0. The van der Waals surface area contributed by atoms with E-state index < -0.39 is 34.6 Å². The van der Waals surface area contributed by atoms with E-state index in [9.17, 15) is 22.0 Å². The first-order valence-electron chi connectivity index (χ1n) is 5.93. The molecule has 0 spiro atoms.